The molecule has 2 aromatic carbocycles. The minimum absolute atomic E-state index is 0.0507. The summed E-state index contributed by atoms with van der Waals surface area (Å²) in [5, 5.41) is 29.5. The first-order chi connectivity index (χ1) is 19.5. The van der Waals surface area contributed by atoms with Gasteiger partial charge >= 0.3 is 11.9 Å². The molecule has 0 spiro atoms. The van der Waals surface area contributed by atoms with E-state index in [-0.39, 0.29) is 30.1 Å². The lowest BCUT2D eigenvalue weighted by atomic mass is 9.84. The maximum atomic E-state index is 12.9. The zero-order valence-corrected chi connectivity index (χ0v) is 23.8. The molecule has 0 bridgehead atoms. The zero-order valence-electron chi connectivity index (χ0n) is 23.8. The molecular weight excluding hydrogens is 532 g/mol. The Morgan fingerprint density at radius 2 is 1.51 bits per heavy atom. The number of carboxylic acids is 2. The monoisotopic (exact) mass is 570 g/mol. The lowest BCUT2D eigenvalue weighted by molar-refractivity contribution is -0.164. The third-order valence-corrected chi connectivity index (χ3v) is 7.11. The Hall–Kier alpha value is -4.08. The Bertz CT molecular complexity index is 1300. The summed E-state index contributed by atoms with van der Waals surface area (Å²) >= 11 is 0. The number of phenolic OH excluding ortho intramolecular Hbond substituents is 1. The number of carbonyl (C=O) groups is 4. The molecule has 3 N–H and O–H groups in total. The number of aromatic hydroxyl groups is 1. The number of benzene rings is 2. The van der Waals surface area contributed by atoms with Crippen molar-refractivity contribution in [2.45, 2.75) is 84.2 Å². The number of rotatable bonds is 16. The number of aliphatic carboxylic acids is 2. The largest absolute Gasteiger partial charge is 0.507 e. The van der Waals surface area contributed by atoms with Crippen molar-refractivity contribution in [1.29, 1.82) is 0 Å². The first kappa shape index (κ1) is 31.4. The fraction of sp³-hybridized carbons (Fsp3) is 0.484. The molecule has 1 aliphatic rings. The van der Waals surface area contributed by atoms with Crippen molar-refractivity contribution in [3.63, 3.8) is 0 Å². The Balaban J connectivity index is 1.73. The molecule has 1 heterocycles. The van der Waals surface area contributed by atoms with Crippen LogP contribution in [0, 0.1) is 0 Å². The first-order valence-corrected chi connectivity index (χ1v) is 14.0. The van der Waals surface area contributed by atoms with Crippen molar-refractivity contribution in [3.8, 4) is 23.0 Å². The summed E-state index contributed by atoms with van der Waals surface area (Å²) in [4.78, 5) is 47.9. The van der Waals surface area contributed by atoms with Crippen LogP contribution < -0.4 is 14.2 Å². The zero-order chi connectivity index (χ0) is 30.2. The molecule has 0 fully saturated rings. The molecule has 41 heavy (non-hydrogen) atoms. The smallest absolute Gasteiger partial charge is 0.356 e. The van der Waals surface area contributed by atoms with Gasteiger partial charge in [0.2, 0.25) is 0 Å². The van der Waals surface area contributed by atoms with Crippen molar-refractivity contribution in [1.82, 2.24) is 0 Å². The molecule has 222 valence electrons. The summed E-state index contributed by atoms with van der Waals surface area (Å²) in [6, 6.07) is 6.85. The van der Waals surface area contributed by atoms with Gasteiger partial charge in [-0.05, 0) is 49.9 Å². The van der Waals surface area contributed by atoms with E-state index >= 15 is 0 Å². The molecule has 10 nitrogen and oxygen atoms in total. The minimum Gasteiger partial charge on any atom is -0.507 e. The van der Waals surface area contributed by atoms with Crippen LogP contribution in [-0.2, 0) is 33.6 Å². The SMILES string of the molecule is CCCc1c(OCCCOc2ccc3c(c2CCC)OC(C(=O)O)(C(=O)CCC(=O)O)CC3)ccc(C(C)=O)c1O. The van der Waals surface area contributed by atoms with Gasteiger partial charge in [-0.2, -0.15) is 0 Å². The number of hydrogen-bond acceptors (Lipinski definition) is 8. The van der Waals surface area contributed by atoms with Crippen LogP contribution >= 0.6 is 0 Å². The van der Waals surface area contributed by atoms with Crippen molar-refractivity contribution in [2.24, 2.45) is 0 Å². The maximum Gasteiger partial charge on any atom is 0.356 e. The highest BCUT2D eigenvalue weighted by Crippen LogP contribution is 2.42. The summed E-state index contributed by atoms with van der Waals surface area (Å²) in [7, 11) is 0. The van der Waals surface area contributed by atoms with Crippen LogP contribution in [-0.4, -0.2) is 57.6 Å². The molecule has 1 atom stereocenters. The van der Waals surface area contributed by atoms with Gasteiger partial charge in [0.05, 0.1) is 25.2 Å². The molecule has 0 aromatic heterocycles. The fourth-order valence-electron chi connectivity index (χ4n) is 4.98. The average Bonchev–Trinajstić information content (AvgIpc) is 2.93. The van der Waals surface area contributed by atoms with Crippen molar-refractivity contribution in [3.05, 3.63) is 46.5 Å². The van der Waals surface area contributed by atoms with Crippen molar-refractivity contribution >= 4 is 23.5 Å². The number of Topliss-reactive ketones (excluding diaryl/α,β-unsaturated/α-hetero) is 2. The second-order valence-electron chi connectivity index (χ2n) is 10.1. The van der Waals surface area contributed by atoms with E-state index < -0.39 is 36.2 Å². The highest BCUT2D eigenvalue weighted by molar-refractivity contribution is 6.07. The van der Waals surface area contributed by atoms with E-state index in [1.807, 2.05) is 19.9 Å². The first-order valence-electron chi connectivity index (χ1n) is 14.0. The van der Waals surface area contributed by atoms with Crippen LogP contribution in [0.3, 0.4) is 0 Å². The quantitative estimate of drug-likeness (QED) is 0.144. The molecule has 3 rings (SSSR count). The fourth-order valence-corrected chi connectivity index (χ4v) is 4.98. The summed E-state index contributed by atoms with van der Waals surface area (Å²) in [6.45, 7) is 5.90. The highest BCUT2D eigenvalue weighted by Gasteiger charge is 2.50. The topological polar surface area (TPSA) is 157 Å². The predicted molar refractivity (Wildman–Crippen MR) is 149 cm³/mol. The molecular formula is C31H38O10. The maximum absolute atomic E-state index is 12.9. The average molecular weight is 571 g/mol. The molecule has 1 aliphatic heterocycles. The number of ether oxygens (including phenoxy) is 3. The molecule has 10 heteroatoms. The van der Waals surface area contributed by atoms with E-state index in [4.69, 9.17) is 19.3 Å². The molecule has 0 amide bonds. The van der Waals surface area contributed by atoms with E-state index in [2.05, 4.69) is 0 Å². The van der Waals surface area contributed by atoms with Crippen LogP contribution in [0.1, 0.15) is 86.3 Å². The van der Waals surface area contributed by atoms with Gasteiger partial charge in [0.25, 0.3) is 5.60 Å². The number of aryl methyl sites for hydroxylation is 1. The lowest BCUT2D eigenvalue weighted by Gasteiger charge is -2.35. The van der Waals surface area contributed by atoms with E-state index in [9.17, 15) is 29.4 Å². The Labute approximate surface area is 239 Å². The van der Waals surface area contributed by atoms with Gasteiger partial charge in [-0.3, -0.25) is 14.4 Å². The van der Waals surface area contributed by atoms with Gasteiger partial charge < -0.3 is 29.5 Å². The van der Waals surface area contributed by atoms with E-state index in [1.165, 1.54) is 6.92 Å². The van der Waals surface area contributed by atoms with Crippen LogP contribution in [0.15, 0.2) is 24.3 Å². The van der Waals surface area contributed by atoms with Crippen molar-refractivity contribution in [2.75, 3.05) is 13.2 Å². The molecule has 0 aliphatic carbocycles. The Morgan fingerprint density at radius 3 is 2.10 bits per heavy atom. The van der Waals surface area contributed by atoms with Gasteiger partial charge in [0.1, 0.15) is 23.0 Å². The summed E-state index contributed by atoms with van der Waals surface area (Å²) in [6.07, 6.45) is 2.36. The third-order valence-electron chi connectivity index (χ3n) is 7.11. The van der Waals surface area contributed by atoms with E-state index in [0.29, 0.717) is 67.1 Å². The second kappa shape index (κ2) is 14.0. The van der Waals surface area contributed by atoms with E-state index in [1.54, 1.807) is 18.2 Å². The van der Waals surface area contributed by atoms with Crippen LogP contribution in [0.5, 0.6) is 23.0 Å². The molecule has 0 saturated carbocycles. The summed E-state index contributed by atoms with van der Waals surface area (Å²) in [5.74, 6) is -2.33. The molecule has 0 radical (unpaired) electrons. The van der Waals surface area contributed by atoms with Crippen LogP contribution in [0.2, 0.25) is 0 Å². The van der Waals surface area contributed by atoms with Gasteiger partial charge in [-0.1, -0.05) is 32.8 Å². The third kappa shape index (κ3) is 7.17. The van der Waals surface area contributed by atoms with E-state index in [0.717, 1.165) is 12.0 Å². The minimum atomic E-state index is -2.14. The number of carboxylic acid groups (broad SMARTS) is 2. The van der Waals surface area contributed by atoms with Gasteiger partial charge in [0, 0.05) is 30.4 Å². The van der Waals surface area contributed by atoms with Crippen molar-refractivity contribution < 1.29 is 48.7 Å². The van der Waals surface area contributed by atoms with Gasteiger partial charge in [0.15, 0.2) is 11.6 Å². The predicted octanol–water partition coefficient (Wildman–Crippen LogP) is 4.93. The standard InChI is InChI=1S/C31H38O10/c1-4-7-22-24(12-10-21(19(3)32)28(22)36)39-17-6-18-40-25-11-9-20-15-16-31(30(37)38,26(33)13-14-27(34)35)41-29(20)23(25)8-5-2/h9-12,36H,4-8,13-18H2,1-3H3,(H,34,35)(H,37,38). The molecule has 0 saturated heterocycles. The Kier molecular flexibility index (Phi) is 10.7. The van der Waals surface area contributed by atoms with Crippen LogP contribution in [0.25, 0.3) is 0 Å². The summed E-state index contributed by atoms with van der Waals surface area (Å²) in [5.41, 5.74) is 0.147. The van der Waals surface area contributed by atoms with Crippen LogP contribution in [0.4, 0.5) is 0 Å². The number of fused-ring (bicyclic) bond motifs is 1. The Morgan fingerprint density at radius 1 is 0.902 bits per heavy atom. The number of hydrogen-bond donors (Lipinski definition) is 3. The molecule has 1 unspecified atom stereocenters. The number of ketones is 2. The van der Waals surface area contributed by atoms with Gasteiger partial charge in [-0.15, -0.1) is 0 Å². The second-order valence-corrected chi connectivity index (χ2v) is 10.1. The highest BCUT2D eigenvalue weighted by atomic mass is 16.5. The number of carbonyl (C=O) groups excluding carboxylic acids is 2. The molecule has 2 aromatic rings. The normalized spacial score (nSPS) is 15.9. The lowest BCUT2D eigenvalue weighted by Crippen LogP contribution is -2.54. The van der Waals surface area contributed by atoms with Gasteiger partial charge in [-0.25, -0.2) is 4.79 Å². The number of phenols is 1. The summed E-state index contributed by atoms with van der Waals surface area (Å²) < 4.78 is 17.9.